The van der Waals surface area contributed by atoms with E-state index in [0.29, 0.717) is 12.5 Å². The van der Waals surface area contributed by atoms with Crippen molar-refractivity contribution < 1.29 is 5.11 Å². The van der Waals surface area contributed by atoms with E-state index in [1.165, 1.54) is 17.5 Å². The molecule has 0 aliphatic rings. The van der Waals surface area contributed by atoms with Crippen molar-refractivity contribution in [1.29, 1.82) is 0 Å². The van der Waals surface area contributed by atoms with Crippen LogP contribution in [0.25, 0.3) is 0 Å². The average molecular weight is 221 g/mol. The van der Waals surface area contributed by atoms with Gasteiger partial charge in [0.15, 0.2) is 0 Å². The van der Waals surface area contributed by atoms with Crippen LogP contribution in [0.2, 0.25) is 0 Å². The van der Waals surface area contributed by atoms with Gasteiger partial charge in [0, 0.05) is 6.54 Å². The van der Waals surface area contributed by atoms with Crippen molar-refractivity contribution in [3.63, 3.8) is 0 Å². The van der Waals surface area contributed by atoms with E-state index in [9.17, 15) is 5.11 Å². The molecule has 0 saturated carbocycles. The van der Waals surface area contributed by atoms with Crippen LogP contribution in [0.15, 0.2) is 24.3 Å². The maximum Gasteiger partial charge on any atom is 0.0668 e. The molecule has 0 saturated heterocycles. The van der Waals surface area contributed by atoms with Crippen molar-refractivity contribution in [2.24, 2.45) is 5.73 Å². The van der Waals surface area contributed by atoms with Gasteiger partial charge in [-0.2, -0.15) is 0 Å². The molecule has 2 heteroatoms. The molecule has 2 unspecified atom stereocenters. The molecule has 2 nitrogen and oxygen atoms in total. The lowest BCUT2D eigenvalue weighted by molar-refractivity contribution is 0.165. The normalized spacial score (nSPS) is 14.8. The first kappa shape index (κ1) is 13.2. The molecule has 0 aliphatic heterocycles. The molecule has 1 rings (SSSR count). The summed E-state index contributed by atoms with van der Waals surface area (Å²) in [6, 6.07) is 8.70. The largest absolute Gasteiger partial charge is 0.392 e. The second-order valence-electron chi connectivity index (χ2n) is 4.52. The fraction of sp³-hybridized carbons (Fsp3) is 0.571. The molecule has 1 aromatic carbocycles. The third-order valence-electron chi connectivity index (χ3n) is 2.99. The van der Waals surface area contributed by atoms with Crippen LogP contribution in [0.1, 0.15) is 43.7 Å². The van der Waals surface area contributed by atoms with Crippen molar-refractivity contribution in [2.45, 2.75) is 45.1 Å². The van der Waals surface area contributed by atoms with Gasteiger partial charge in [-0.1, -0.05) is 44.5 Å². The smallest absolute Gasteiger partial charge is 0.0668 e. The van der Waals surface area contributed by atoms with E-state index in [2.05, 4.69) is 38.1 Å². The Hall–Kier alpha value is -0.860. The van der Waals surface area contributed by atoms with E-state index in [1.807, 2.05) is 0 Å². The van der Waals surface area contributed by atoms with Crippen LogP contribution in [-0.4, -0.2) is 17.8 Å². The molecule has 90 valence electrons. The Labute approximate surface area is 98.5 Å². The van der Waals surface area contributed by atoms with E-state index in [1.54, 1.807) is 0 Å². The monoisotopic (exact) mass is 221 g/mol. The van der Waals surface area contributed by atoms with E-state index < -0.39 is 0 Å². The highest BCUT2D eigenvalue weighted by Crippen LogP contribution is 2.21. The number of nitrogens with two attached hydrogens (primary N) is 1. The molecule has 0 aromatic heterocycles. The lowest BCUT2D eigenvalue weighted by Crippen LogP contribution is -2.21. The second kappa shape index (κ2) is 6.66. The lowest BCUT2D eigenvalue weighted by Gasteiger charge is -2.15. The van der Waals surface area contributed by atoms with Crippen molar-refractivity contribution in [3.05, 3.63) is 35.4 Å². The number of hydrogen-bond acceptors (Lipinski definition) is 2. The fourth-order valence-corrected chi connectivity index (χ4v) is 1.94. The Morgan fingerprint density at radius 2 is 1.88 bits per heavy atom. The number of benzene rings is 1. The van der Waals surface area contributed by atoms with Crippen LogP contribution in [0.5, 0.6) is 0 Å². The summed E-state index contributed by atoms with van der Waals surface area (Å²) in [4.78, 5) is 0. The molecular weight excluding hydrogens is 198 g/mol. The number of hydrogen-bond donors (Lipinski definition) is 2. The number of aliphatic hydroxyl groups excluding tert-OH is 1. The molecule has 2 atom stereocenters. The molecule has 0 heterocycles. The van der Waals surface area contributed by atoms with Crippen LogP contribution < -0.4 is 5.73 Å². The van der Waals surface area contributed by atoms with Gasteiger partial charge in [0.25, 0.3) is 0 Å². The molecule has 0 spiro atoms. The molecule has 0 radical (unpaired) electrons. The zero-order valence-electron chi connectivity index (χ0n) is 10.3. The van der Waals surface area contributed by atoms with Gasteiger partial charge in [-0.15, -0.1) is 0 Å². The Balaban J connectivity index is 2.59. The first-order chi connectivity index (χ1) is 7.67. The summed E-state index contributed by atoms with van der Waals surface area (Å²) >= 11 is 0. The molecule has 16 heavy (non-hydrogen) atoms. The van der Waals surface area contributed by atoms with Crippen LogP contribution in [0.4, 0.5) is 0 Å². The zero-order chi connectivity index (χ0) is 12.0. The molecule has 0 bridgehead atoms. The average Bonchev–Trinajstić information content (AvgIpc) is 2.30. The minimum atomic E-state index is -0.384. The first-order valence-corrected chi connectivity index (χ1v) is 6.14. The molecular formula is C14H23NO. The summed E-state index contributed by atoms with van der Waals surface area (Å²) in [6.45, 7) is 4.67. The van der Waals surface area contributed by atoms with E-state index >= 15 is 0 Å². The topological polar surface area (TPSA) is 46.2 Å². The first-order valence-electron chi connectivity index (χ1n) is 6.14. The van der Waals surface area contributed by atoms with Gasteiger partial charge in [-0.05, 0) is 29.9 Å². The summed E-state index contributed by atoms with van der Waals surface area (Å²) in [7, 11) is 0. The Bertz CT molecular complexity index is 294. The highest BCUT2D eigenvalue weighted by atomic mass is 16.3. The van der Waals surface area contributed by atoms with Crippen molar-refractivity contribution in [2.75, 3.05) is 6.54 Å². The SMILES string of the molecule is CCCc1ccc(C(C)CC(O)CN)cc1. The maximum atomic E-state index is 9.50. The predicted molar refractivity (Wildman–Crippen MR) is 68.5 cm³/mol. The van der Waals surface area contributed by atoms with Gasteiger partial charge in [-0.25, -0.2) is 0 Å². The fourth-order valence-electron chi connectivity index (χ4n) is 1.94. The van der Waals surface area contributed by atoms with Crippen LogP contribution in [-0.2, 0) is 6.42 Å². The Morgan fingerprint density at radius 1 is 1.25 bits per heavy atom. The second-order valence-corrected chi connectivity index (χ2v) is 4.52. The highest BCUT2D eigenvalue weighted by Gasteiger charge is 2.10. The summed E-state index contributed by atoms with van der Waals surface area (Å²) in [5.41, 5.74) is 8.08. The standard InChI is InChI=1S/C14H23NO/c1-3-4-12-5-7-13(8-6-12)11(2)9-14(16)10-15/h5-8,11,14,16H,3-4,9-10,15H2,1-2H3. The third kappa shape index (κ3) is 3.95. The lowest BCUT2D eigenvalue weighted by atomic mass is 9.94. The number of aliphatic hydroxyl groups is 1. The molecule has 0 aliphatic carbocycles. The van der Waals surface area contributed by atoms with Gasteiger partial charge in [0.1, 0.15) is 0 Å². The van der Waals surface area contributed by atoms with Gasteiger partial charge in [0.05, 0.1) is 6.10 Å². The molecule has 0 amide bonds. The summed E-state index contributed by atoms with van der Waals surface area (Å²) in [5.74, 6) is 0.370. The van der Waals surface area contributed by atoms with Crippen LogP contribution >= 0.6 is 0 Å². The summed E-state index contributed by atoms with van der Waals surface area (Å²) < 4.78 is 0. The summed E-state index contributed by atoms with van der Waals surface area (Å²) in [5, 5.41) is 9.50. The van der Waals surface area contributed by atoms with Crippen LogP contribution in [0.3, 0.4) is 0 Å². The van der Waals surface area contributed by atoms with Crippen LogP contribution in [0, 0.1) is 0 Å². The number of rotatable bonds is 6. The summed E-state index contributed by atoms with van der Waals surface area (Å²) in [6.07, 6.45) is 2.68. The molecule has 3 N–H and O–H groups in total. The van der Waals surface area contributed by atoms with Gasteiger partial charge < -0.3 is 10.8 Å². The van der Waals surface area contributed by atoms with Crippen molar-refractivity contribution in [3.8, 4) is 0 Å². The highest BCUT2D eigenvalue weighted by molar-refractivity contribution is 5.25. The van der Waals surface area contributed by atoms with Crippen molar-refractivity contribution >= 4 is 0 Å². The minimum absolute atomic E-state index is 0.345. The minimum Gasteiger partial charge on any atom is -0.392 e. The number of aryl methyl sites for hydroxylation is 1. The Kier molecular flexibility index (Phi) is 5.50. The third-order valence-corrected chi connectivity index (χ3v) is 2.99. The molecule has 0 fully saturated rings. The van der Waals surface area contributed by atoms with Crippen molar-refractivity contribution in [1.82, 2.24) is 0 Å². The van der Waals surface area contributed by atoms with E-state index in [0.717, 1.165) is 12.8 Å². The van der Waals surface area contributed by atoms with Gasteiger partial charge >= 0.3 is 0 Å². The predicted octanol–water partition coefficient (Wildman–Crippen LogP) is 2.45. The Morgan fingerprint density at radius 3 is 2.38 bits per heavy atom. The quantitative estimate of drug-likeness (QED) is 0.775. The zero-order valence-corrected chi connectivity index (χ0v) is 10.3. The van der Waals surface area contributed by atoms with E-state index in [4.69, 9.17) is 5.73 Å². The maximum absolute atomic E-state index is 9.50. The van der Waals surface area contributed by atoms with Gasteiger partial charge in [0.2, 0.25) is 0 Å². The molecule has 1 aromatic rings. The van der Waals surface area contributed by atoms with Gasteiger partial charge in [-0.3, -0.25) is 0 Å². The van der Waals surface area contributed by atoms with E-state index in [-0.39, 0.29) is 6.10 Å².